The van der Waals surface area contributed by atoms with Crippen molar-refractivity contribution in [3.63, 3.8) is 0 Å². The Morgan fingerprint density at radius 2 is 1.74 bits per heavy atom. The van der Waals surface area contributed by atoms with E-state index in [4.69, 9.17) is 5.26 Å². The first kappa shape index (κ1) is 35.4. The number of hydrogen-bond acceptors (Lipinski definition) is 8. The molecule has 15 heteroatoms. The fourth-order valence-corrected chi connectivity index (χ4v) is 7.61. The summed E-state index contributed by atoms with van der Waals surface area (Å²) in [5.41, 5.74) is -0.939. The number of benzene rings is 2. The van der Waals surface area contributed by atoms with Crippen LogP contribution in [0.1, 0.15) is 89.8 Å². The lowest BCUT2D eigenvalue weighted by Crippen LogP contribution is -2.54. The maximum atomic E-state index is 13.4. The highest BCUT2D eigenvalue weighted by atomic mass is 19.4. The van der Waals surface area contributed by atoms with E-state index in [9.17, 15) is 37.1 Å². The van der Waals surface area contributed by atoms with E-state index in [2.05, 4.69) is 32.5 Å². The van der Waals surface area contributed by atoms with Gasteiger partial charge in [0.25, 0.3) is 17.7 Å². The van der Waals surface area contributed by atoms with Crippen molar-refractivity contribution in [2.24, 2.45) is 11.3 Å². The summed E-state index contributed by atoms with van der Waals surface area (Å²) in [4.78, 5) is 66.6. The minimum Gasteiger partial charge on any atom is -0.371 e. The summed E-state index contributed by atoms with van der Waals surface area (Å²) < 4.78 is 41.6. The molecule has 0 radical (unpaired) electrons. The third-order valence-corrected chi connectivity index (χ3v) is 10.8. The normalized spacial score (nSPS) is 20.0. The van der Waals surface area contributed by atoms with Crippen molar-refractivity contribution < 1.29 is 37.1 Å². The maximum Gasteiger partial charge on any atom is 0.417 e. The van der Waals surface area contributed by atoms with Crippen LogP contribution in [0.15, 0.2) is 48.8 Å². The summed E-state index contributed by atoms with van der Waals surface area (Å²) >= 11 is 0. The van der Waals surface area contributed by atoms with Crippen molar-refractivity contribution >= 4 is 40.9 Å². The summed E-state index contributed by atoms with van der Waals surface area (Å²) in [5.74, 6) is 3.93. The van der Waals surface area contributed by atoms with Gasteiger partial charge in [0, 0.05) is 43.0 Å². The molecule has 4 heterocycles. The van der Waals surface area contributed by atoms with Crippen molar-refractivity contribution in [3.05, 3.63) is 76.6 Å². The van der Waals surface area contributed by atoms with Gasteiger partial charge in [-0.25, -0.2) is 0 Å². The van der Waals surface area contributed by atoms with Crippen molar-refractivity contribution in [1.29, 1.82) is 5.26 Å². The van der Waals surface area contributed by atoms with Gasteiger partial charge in [0.1, 0.15) is 11.6 Å². The lowest BCUT2D eigenvalue weighted by atomic mass is 9.58. The van der Waals surface area contributed by atoms with Gasteiger partial charge < -0.3 is 10.2 Å². The number of nitrogens with zero attached hydrogens (tertiary/aromatic N) is 5. The first-order valence-electron chi connectivity index (χ1n) is 17.2. The molecule has 53 heavy (non-hydrogen) atoms. The average molecular weight is 726 g/mol. The highest BCUT2D eigenvalue weighted by Gasteiger charge is 2.47. The number of anilines is 2. The Kier molecular flexibility index (Phi) is 8.64. The molecule has 1 aliphatic carbocycles. The molecule has 3 aliphatic heterocycles. The second-order valence-corrected chi connectivity index (χ2v) is 14.6. The maximum absolute atomic E-state index is 13.4. The number of aromatic nitrogens is 2. The number of carbonyl (C=O) groups excluding carboxylic acids is 5. The van der Waals surface area contributed by atoms with Crippen molar-refractivity contribution in [1.82, 2.24) is 20.0 Å². The molecule has 2 N–H and O–H groups in total. The minimum atomic E-state index is -4.75. The highest BCUT2D eigenvalue weighted by Crippen LogP contribution is 2.52. The van der Waals surface area contributed by atoms with Crippen LogP contribution in [0.2, 0.25) is 0 Å². The summed E-state index contributed by atoms with van der Waals surface area (Å²) in [7, 11) is 0. The monoisotopic (exact) mass is 725 g/mol. The van der Waals surface area contributed by atoms with Gasteiger partial charge in [-0.2, -0.15) is 23.5 Å². The predicted molar refractivity (Wildman–Crippen MR) is 183 cm³/mol. The van der Waals surface area contributed by atoms with Crippen LogP contribution in [0, 0.1) is 34.5 Å². The van der Waals surface area contributed by atoms with E-state index < -0.39 is 58.4 Å². The molecule has 1 spiro atoms. The Labute approximate surface area is 302 Å². The molecule has 1 unspecified atom stereocenters. The van der Waals surface area contributed by atoms with Gasteiger partial charge >= 0.3 is 6.18 Å². The number of imide groups is 2. The van der Waals surface area contributed by atoms with E-state index in [1.54, 1.807) is 32.2 Å². The number of nitriles is 1. The van der Waals surface area contributed by atoms with Gasteiger partial charge in [-0.15, -0.1) is 0 Å². The standard InChI is InChI=1S/C38H34F3N7O5/c1-36(2,35(53)44-25-6-5-24(19-42)29(15-25)38(39,40)41)47-21-23(20-43-47)4-3-22-17-37(18-22)11-13-46(14-12-37)26-7-8-27-28(16-26)34(52)48(33(27)51)30-9-10-31(49)45-32(30)50/h5-8,15-16,20-22,30H,9-14,17-18H2,1-2H3,(H,44,53)(H,45,49,50). The van der Waals surface area contributed by atoms with Crippen LogP contribution in [0.25, 0.3) is 0 Å². The number of amides is 5. The van der Waals surface area contributed by atoms with E-state index in [1.165, 1.54) is 23.0 Å². The lowest BCUT2D eigenvalue weighted by Gasteiger charge is -2.51. The summed E-state index contributed by atoms with van der Waals surface area (Å²) in [6.07, 6.45) is 2.30. The molecule has 2 saturated heterocycles. The molecule has 3 fully saturated rings. The Hall–Kier alpha value is -5.96. The quantitative estimate of drug-likeness (QED) is 0.286. The van der Waals surface area contributed by atoms with Gasteiger partial charge in [0.05, 0.1) is 40.1 Å². The molecule has 1 atom stereocenters. The van der Waals surface area contributed by atoms with Gasteiger partial charge in [0.15, 0.2) is 0 Å². The van der Waals surface area contributed by atoms with Gasteiger partial charge in [0.2, 0.25) is 11.8 Å². The van der Waals surface area contributed by atoms with Gasteiger partial charge in [-0.05, 0) is 87.8 Å². The molecule has 5 amide bonds. The molecular weight excluding hydrogens is 691 g/mol. The number of halogens is 3. The second kappa shape index (κ2) is 12.9. The number of carbonyl (C=O) groups is 5. The third kappa shape index (κ3) is 6.52. The summed E-state index contributed by atoms with van der Waals surface area (Å²) in [6.45, 7) is 4.70. The molecule has 1 saturated carbocycles. The molecule has 2 aromatic carbocycles. The van der Waals surface area contributed by atoms with E-state index in [0.717, 1.165) is 61.5 Å². The number of nitrogens with one attached hydrogen (secondary N) is 2. The smallest absolute Gasteiger partial charge is 0.371 e. The van der Waals surface area contributed by atoms with Crippen molar-refractivity contribution in [3.8, 4) is 17.9 Å². The first-order chi connectivity index (χ1) is 25.1. The van der Waals surface area contributed by atoms with E-state index in [-0.39, 0.29) is 41.0 Å². The van der Waals surface area contributed by atoms with Crippen LogP contribution in [-0.2, 0) is 26.1 Å². The molecule has 12 nitrogen and oxygen atoms in total. The van der Waals surface area contributed by atoms with Crippen molar-refractivity contribution in [2.45, 2.75) is 70.1 Å². The molecule has 7 rings (SSSR count). The Bertz CT molecular complexity index is 2170. The average Bonchev–Trinajstić information content (AvgIpc) is 3.69. The van der Waals surface area contributed by atoms with Crippen LogP contribution in [0.4, 0.5) is 24.5 Å². The van der Waals surface area contributed by atoms with Crippen LogP contribution in [0.3, 0.4) is 0 Å². The molecule has 1 aromatic heterocycles. The molecular formula is C38H34F3N7O5. The van der Waals surface area contributed by atoms with Crippen molar-refractivity contribution in [2.75, 3.05) is 23.3 Å². The van der Waals surface area contributed by atoms with E-state index in [1.807, 2.05) is 6.07 Å². The molecule has 3 aromatic rings. The number of fused-ring (bicyclic) bond motifs is 1. The van der Waals surface area contributed by atoms with Crippen LogP contribution in [0.5, 0.6) is 0 Å². The minimum absolute atomic E-state index is 0.0605. The zero-order valence-corrected chi connectivity index (χ0v) is 28.8. The Morgan fingerprint density at radius 1 is 1.02 bits per heavy atom. The summed E-state index contributed by atoms with van der Waals surface area (Å²) in [5, 5.41) is 18.0. The van der Waals surface area contributed by atoms with Crippen LogP contribution >= 0.6 is 0 Å². The molecule has 4 aliphatic rings. The molecule has 272 valence electrons. The Morgan fingerprint density at radius 3 is 2.42 bits per heavy atom. The molecule has 0 bridgehead atoms. The number of piperidine rings is 2. The fraction of sp³-hybridized carbons (Fsp3) is 0.395. The first-order valence-corrected chi connectivity index (χ1v) is 17.2. The van der Waals surface area contributed by atoms with Gasteiger partial charge in [-0.1, -0.05) is 11.8 Å². The van der Waals surface area contributed by atoms with Crippen LogP contribution < -0.4 is 15.5 Å². The number of rotatable bonds is 5. The highest BCUT2D eigenvalue weighted by molar-refractivity contribution is 6.23. The number of hydrogen-bond donors (Lipinski definition) is 2. The lowest BCUT2D eigenvalue weighted by molar-refractivity contribution is -0.138. The van der Waals surface area contributed by atoms with Gasteiger partial charge in [-0.3, -0.25) is 38.9 Å². The summed E-state index contributed by atoms with van der Waals surface area (Å²) in [6, 6.07) is 8.69. The third-order valence-electron chi connectivity index (χ3n) is 10.8. The van der Waals surface area contributed by atoms with Crippen LogP contribution in [-0.4, -0.2) is 63.3 Å². The predicted octanol–water partition coefficient (Wildman–Crippen LogP) is 4.60. The second-order valence-electron chi connectivity index (χ2n) is 14.6. The Balaban J connectivity index is 0.930. The largest absolute Gasteiger partial charge is 0.417 e. The topological polar surface area (TPSA) is 158 Å². The SMILES string of the molecule is CC(C)(C(=O)Nc1ccc(C#N)c(C(F)(F)F)c1)n1cc(C#CC2CC3(CCN(c4ccc5c(c4)C(=O)N(C4CCC(=O)NC4=O)C5=O)CC3)C2)cn1. The van der Waals surface area contributed by atoms with E-state index in [0.29, 0.717) is 5.56 Å². The zero-order chi connectivity index (χ0) is 37.9. The zero-order valence-electron chi connectivity index (χ0n) is 28.8. The fourth-order valence-electron chi connectivity index (χ4n) is 7.61. The number of alkyl halides is 3. The van der Waals surface area contributed by atoms with E-state index >= 15 is 0 Å².